The summed E-state index contributed by atoms with van der Waals surface area (Å²) in [6, 6.07) is 27.6. The van der Waals surface area contributed by atoms with Crippen LogP contribution < -0.4 is 20.7 Å². The summed E-state index contributed by atoms with van der Waals surface area (Å²) in [7, 11) is 1.45. The maximum Gasteiger partial charge on any atom is 0.330 e. The molecule has 0 bridgehead atoms. The van der Waals surface area contributed by atoms with Gasteiger partial charge in [0.05, 0.1) is 46.5 Å². The van der Waals surface area contributed by atoms with E-state index in [1.165, 1.54) is 10.8 Å². The Bertz CT molecular complexity index is 1990. The smallest absolute Gasteiger partial charge is 0.330 e. The van der Waals surface area contributed by atoms with Crippen molar-refractivity contribution in [2.75, 3.05) is 46.0 Å². The van der Waals surface area contributed by atoms with Gasteiger partial charge in [0.1, 0.15) is 35.4 Å². The van der Waals surface area contributed by atoms with Crippen molar-refractivity contribution in [1.82, 2.24) is 14.2 Å². The van der Waals surface area contributed by atoms with E-state index in [1.54, 1.807) is 32.9 Å². The Hall–Kier alpha value is -4.03. The minimum atomic E-state index is -1.80. The molecule has 1 aromatic heterocycles. The number of nitrogens with zero attached hydrogens (tertiary/aromatic N) is 3. The standard InChI is InChI=1S/C43H55N4O9PS/c1-29(2)47(30(3)4)57(54-24-12-23-44)56-38-37(55-41(39(38)52-25-26-58-8)46-27-31(5)40(48)45-42(46)49)28-53-43(32-13-10-9-11-14-32,33-15-19-35(50-6)20-16-33)34-17-21-36(51-7)22-18-34/h9-11,13-22,27,29-30,37-39,41H,12,24-26,28H2,1-8H3,(H,45,48,49)/t37-,38-,39-,41-,57?/m1/s1. The first-order chi connectivity index (χ1) is 28.0. The number of aromatic nitrogens is 2. The van der Waals surface area contributed by atoms with Gasteiger partial charge in [0.25, 0.3) is 14.1 Å². The molecule has 1 N–H and O–H groups in total. The van der Waals surface area contributed by atoms with Gasteiger partial charge in [0.15, 0.2) is 6.23 Å². The van der Waals surface area contributed by atoms with Crippen molar-refractivity contribution in [3.8, 4) is 17.6 Å². The molecular formula is C43H55N4O9PS. The zero-order valence-electron chi connectivity index (χ0n) is 34.5. The van der Waals surface area contributed by atoms with Crippen molar-refractivity contribution >= 4 is 20.3 Å². The normalized spacial score (nSPS) is 18.8. The zero-order chi connectivity index (χ0) is 41.8. The third-order valence-electron chi connectivity index (χ3n) is 9.82. The summed E-state index contributed by atoms with van der Waals surface area (Å²) < 4.78 is 48.9. The molecule has 5 rings (SSSR count). The summed E-state index contributed by atoms with van der Waals surface area (Å²) >= 11 is 1.62. The fourth-order valence-corrected chi connectivity index (χ4v) is 9.12. The molecule has 1 saturated heterocycles. The van der Waals surface area contributed by atoms with Crippen molar-refractivity contribution in [3.63, 3.8) is 0 Å². The second-order valence-corrected chi connectivity index (χ2v) is 16.7. The monoisotopic (exact) mass is 834 g/mol. The van der Waals surface area contributed by atoms with E-state index in [-0.39, 0.29) is 31.7 Å². The SMILES string of the molecule is COc1ccc(C(OC[C@H]2O[C@@H](n3cc(C)c(=O)[nH]c3=O)[C@H](OCCSC)[C@@H]2OP(OCCC#N)N(C(C)C)C(C)C)(c2ccccc2)c2ccc(OC)cc2)cc1. The molecule has 5 atom stereocenters. The molecule has 13 nitrogen and oxygen atoms in total. The lowest BCUT2D eigenvalue weighted by Crippen LogP contribution is -2.44. The van der Waals surface area contributed by atoms with Crippen LogP contribution in [0.2, 0.25) is 0 Å². The number of rotatable bonds is 21. The molecule has 312 valence electrons. The van der Waals surface area contributed by atoms with Gasteiger partial charge >= 0.3 is 5.69 Å². The Morgan fingerprint density at radius 3 is 2.02 bits per heavy atom. The van der Waals surface area contributed by atoms with Crippen molar-refractivity contribution in [1.29, 1.82) is 5.26 Å². The van der Waals surface area contributed by atoms with E-state index in [4.69, 9.17) is 32.7 Å². The Kier molecular flexibility index (Phi) is 16.5. The summed E-state index contributed by atoms with van der Waals surface area (Å²) in [6.07, 6.45) is 0.0981. The molecule has 1 unspecified atom stereocenters. The number of hydrogen-bond acceptors (Lipinski definition) is 12. The van der Waals surface area contributed by atoms with Gasteiger partial charge in [-0.2, -0.15) is 17.0 Å². The number of nitriles is 1. The van der Waals surface area contributed by atoms with E-state index >= 15 is 0 Å². The lowest BCUT2D eigenvalue weighted by Gasteiger charge is -2.39. The number of benzene rings is 3. The Balaban J connectivity index is 1.69. The maximum atomic E-state index is 13.5. The average molecular weight is 835 g/mol. The minimum absolute atomic E-state index is 0.0113. The van der Waals surface area contributed by atoms with Crippen LogP contribution in [-0.2, 0) is 28.9 Å². The predicted octanol–water partition coefficient (Wildman–Crippen LogP) is 7.18. The Morgan fingerprint density at radius 1 is 0.897 bits per heavy atom. The van der Waals surface area contributed by atoms with Crippen LogP contribution in [0.4, 0.5) is 0 Å². The van der Waals surface area contributed by atoms with Crippen LogP contribution in [0.15, 0.2) is 94.6 Å². The molecule has 58 heavy (non-hydrogen) atoms. The number of hydrogen-bond donors (Lipinski definition) is 1. The first-order valence-electron chi connectivity index (χ1n) is 19.3. The van der Waals surface area contributed by atoms with Crippen molar-refractivity contribution < 1.29 is 32.7 Å². The third-order valence-corrected chi connectivity index (χ3v) is 12.5. The second-order valence-electron chi connectivity index (χ2n) is 14.3. The number of nitrogens with one attached hydrogen (secondary N) is 1. The van der Waals surface area contributed by atoms with Gasteiger partial charge in [-0.1, -0.05) is 54.6 Å². The Morgan fingerprint density at radius 2 is 1.48 bits per heavy atom. The highest BCUT2D eigenvalue weighted by Gasteiger charge is 2.51. The maximum absolute atomic E-state index is 13.5. The molecule has 1 fully saturated rings. The largest absolute Gasteiger partial charge is 0.497 e. The number of ether oxygens (including phenoxy) is 5. The number of aromatic amines is 1. The lowest BCUT2D eigenvalue weighted by molar-refractivity contribution is -0.0971. The van der Waals surface area contributed by atoms with Crippen LogP contribution in [0.5, 0.6) is 11.5 Å². The fourth-order valence-electron chi connectivity index (χ4n) is 7.09. The van der Waals surface area contributed by atoms with Gasteiger partial charge in [-0.3, -0.25) is 14.3 Å². The van der Waals surface area contributed by atoms with Gasteiger partial charge in [-0.05, 0) is 81.8 Å². The molecule has 0 amide bonds. The highest BCUT2D eigenvalue weighted by Crippen LogP contribution is 2.51. The van der Waals surface area contributed by atoms with Crippen LogP contribution in [0.25, 0.3) is 0 Å². The Labute approximate surface area is 346 Å². The van der Waals surface area contributed by atoms with E-state index < -0.39 is 49.9 Å². The van der Waals surface area contributed by atoms with Crippen molar-refractivity contribution in [2.24, 2.45) is 0 Å². The lowest BCUT2D eigenvalue weighted by atomic mass is 9.80. The number of methoxy groups -OCH3 is 2. The molecule has 2 heterocycles. The molecule has 0 aliphatic carbocycles. The quantitative estimate of drug-likeness (QED) is 0.0516. The van der Waals surface area contributed by atoms with E-state index in [9.17, 15) is 14.9 Å². The second kappa shape index (κ2) is 21.3. The van der Waals surface area contributed by atoms with Crippen LogP contribution in [0, 0.1) is 18.3 Å². The molecular weight excluding hydrogens is 780 g/mol. The van der Waals surface area contributed by atoms with Crippen LogP contribution in [-0.4, -0.2) is 90.7 Å². The predicted molar refractivity (Wildman–Crippen MR) is 226 cm³/mol. The third kappa shape index (κ3) is 10.4. The van der Waals surface area contributed by atoms with Crippen LogP contribution in [0.3, 0.4) is 0 Å². The van der Waals surface area contributed by atoms with E-state index in [0.717, 1.165) is 16.7 Å². The molecule has 15 heteroatoms. The number of thioether (sulfide) groups is 1. The summed E-state index contributed by atoms with van der Waals surface area (Å²) in [5, 5.41) is 9.43. The van der Waals surface area contributed by atoms with Gasteiger partial charge < -0.3 is 32.7 Å². The number of H-pyrrole nitrogens is 1. The van der Waals surface area contributed by atoms with Crippen LogP contribution >= 0.6 is 20.3 Å². The summed E-state index contributed by atoms with van der Waals surface area (Å²) in [5.74, 6) is 2.04. The summed E-state index contributed by atoms with van der Waals surface area (Å²) in [4.78, 5) is 28.5. The summed E-state index contributed by atoms with van der Waals surface area (Å²) in [5.41, 5.74) is 0.506. The van der Waals surface area contributed by atoms with Crippen molar-refractivity contribution in [3.05, 3.63) is 128 Å². The molecule has 1 aliphatic heterocycles. The minimum Gasteiger partial charge on any atom is -0.497 e. The van der Waals surface area contributed by atoms with Gasteiger partial charge in [0.2, 0.25) is 0 Å². The van der Waals surface area contributed by atoms with E-state index in [0.29, 0.717) is 29.4 Å². The molecule has 0 spiro atoms. The van der Waals surface area contributed by atoms with Crippen molar-refractivity contribution in [2.45, 2.75) is 83.3 Å². The molecule has 1 aliphatic rings. The first kappa shape index (κ1) is 45.1. The highest BCUT2D eigenvalue weighted by molar-refractivity contribution is 7.98. The van der Waals surface area contributed by atoms with Gasteiger partial charge in [0, 0.05) is 29.6 Å². The number of aryl methyl sites for hydroxylation is 1. The summed E-state index contributed by atoms with van der Waals surface area (Å²) in [6.45, 7) is 10.3. The van der Waals surface area contributed by atoms with E-state index in [2.05, 4.69) is 43.4 Å². The van der Waals surface area contributed by atoms with Gasteiger partial charge in [-0.25, -0.2) is 9.46 Å². The van der Waals surface area contributed by atoms with Gasteiger partial charge in [-0.15, -0.1) is 0 Å². The molecule has 4 aromatic rings. The highest BCUT2D eigenvalue weighted by atomic mass is 32.2. The van der Waals surface area contributed by atoms with E-state index in [1.807, 2.05) is 85.1 Å². The topological polar surface area (TPSA) is 147 Å². The zero-order valence-corrected chi connectivity index (χ0v) is 36.2. The molecule has 3 aromatic carbocycles. The molecule has 0 radical (unpaired) electrons. The molecule has 0 saturated carbocycles. The fraction of sp³-hybridized carbons (Fsp3) is 0.465. The van der Waals surface area contributed by atoms with Crippen LogP contribution in [0.1, 0.15) is 62.6 Å². The average Bonchev–Trinajstić information content (AvgIpc) is 3.56. The first-order valence-corrected chi connectivity index (χ1v) is 21.8.